The summed E-state index contributed by atoms with van der Waals surface area (Å²) in [5.74, 6) is 0. The Morgan fingerprint density at radius 1 is 1.28 bits per heavy atom. The number of aromatic nitrogens is 2. The van der Waals surface area contributed by atoms with Crippen molar-refractivity contribution in [1.82, 2.24) is 15.1 Å². The summed E-state index contributed by atoms with van der Waals surface area (Å²) >= 11 is 0. The monoisotopic (exact) mass is 241 g/mol. The largest absolute Gasteiger partial charge is 0.309 e. The second-order valence-electron chi connectivity index (χ2n) is 5.00. The minimum atomic E-state index is 0.472. The summed E-state index contributed by atoms with van der Waals surface area (Å²) in [5, 5.41) is 8.26. The summed E-state index contributed by atoms with van der Waals surface area (Å²) in [5.41, 5.74) is 4.96. The lowest BCUT2D eigenvalue weighted by molar-refractivity contribution is 0.571. The molecule has 1 atom stereocenters. The van der Waals surface area contributed by atoms with Crippen LogP contribution in [0.25, 0.3) is 11.3 Å². The van der Waals surface area contributed by atoms with E-state index in [1.165, 1.54) is 29.7 Å². The van der Waals surface area contributed by atoms with E-state index >= 15 is 0 Å². The molecule has 2 aromatic rings. The van der Waals surface area contributed by atoms with Crippen LogP contribution in [0, 0.1) is 6.92 Å². The molecule has 1 aliphatic rings. The van der Waals surface area contributed by atoms with Crippen LogP contribution in [-0.2, 0) is 7.05 Å². The Bertz CT molecular complexity index is 536. The second-order valence-corrected chi connectivity index (χ2v) is 5.00. The second kappa shape index (κ2) is 4.58. The first-order valence-electron chi connectivity index (χ1n) is 6.59. The predicted molar refractivity (Wildman–Crippen MR) is 73.4 cm³/mol. The van der Waals surface area contributed by atoms with Crippen molar-refractivity contribution < 1.29 is 0 Å². The van der Waals surface area contributed by atoms with Crippen LogP contribution in [0.3, 0.4) is 0 Å². The molecule has 2 heterocycles. The fourth-order valence-corrected chi connectivity index (χ4v) is 2.92. The molecule has 94 valence electrons. The highest BCUT2D eigenvalue weighted by atomic mass is 15.3. The van der Waals surface area contributed by atoms with Crippen LogP contribution in [0.1, 0.15) is 30.1 Å². The number of hydrogen-bond acceptors (Lipinski definition) is 2. The van der Waals surface area contributed by atoms with Gasteiger partial charge in [-0.2, -0.15) is 5.10 Å². The predicted octanol–water partition coefficient (Wildman–Crippen LogP) is 2.82. The fourth-order valence-electron chi connectivity index (χ4n) is 2.92. The van der Waals surface area contributed by atoms with E-state index < -0.39 is 0 Å². The van der Waals surface area contributed by atoms with Crippen molar-refractivity contribution in [3.05, 3.63) is 41.6 Å². The topological polar surface area (TPSA) is 29.9 Å². The van der Waals surface area contributed by atoms with E-state index in [0.717, 1.165) is 12.2 Å². The Balaban J connectivity index is 2.05. The first-order chi connectivity index (χ1) is 8.77. The molecule has 0 aliphatic carbocycles. The summed E-state index contributed by atoms with van der Waals surface area (Å²) in [7, 11) is 2.05. The van der Waals surface area contributed by atoms with Gasteiger partial charge in [-0.25, -0.2) is 0 Å². The fraction of sp³-hybridized carbons (Fsp3) is 0.400. The summed E-state index contributed by atoms with van der Waals surface area (Å²) in [4.78, 5) is 0. The van der Waals surface area contributed by atoms with Gasteiger partial charge < -0.3 is 5.32 Å². The van der Waals surface area contributed by atoms with Crippen LogP contribution < -0.4 is 5.32 Å². The van der Waals surface area contributed by atoms with E-state index in [0.29, 0.717) is 6.04 Å². The van der Waals surface area contributed by atoms with E-state index in [1.807, 2.05) is 10.7 Å². The van der Waals surface area contributed by atoms with E-state index in [2.05, 4.69) is 43.6 Å². The number of benzene rings is 1. The molecule has 1 aromatic carbocycles. The Labute approximate surface area is 108 Å². The third-order valence-corrected chi connectivity index (χ3v) is 3.78. The van der Waals surface area contributed by atoms with E-state index in [4.69, 9.17) is 5.10 Å². The Morgan fingerprint density at radius 3 is 2.72 bits per heavy atom. The van der Waals surface area contributed by atoms with Gasteiger partial charge in [0.05, 0.1) is 11.4 Å². The minimum Gasteiger partial charge on any atom is -0.309 e. The van der Waals surface area contributed by atoms with Gasteiger partial charge in [0.15, 0.2) is 0 Å². The molecular formula is C15H19N3. The molecule has 3 nitrogen and oxygen atoms in total. The molecule has 0 spiro atoms. The zero-order valence-corrected chi connectivity index (χ0v) is 11.0. The Kier molecular flexibility index (Phi) is 2.92. The first kappa shape index (κ1) is 11.5. The molecular weight excluding hydrogens is 222 g/mol. The molecule has 1 saturated heterocycles. The Hall–Kier alpha value is -1.61. The summed E-state index contributed by atoms with van der Waals surface area (Å²) < 4.78 is 2.04. The third kappa shape index (κ3) is 1.85. The summed E-state index contributed by atoms with van der Waals surface area (Å²) in [6.45, 7) is 3.31. The summed E-state index contributed by atoms with van der Waals surface area (Å²) in [6, 6.07) is 10.9. The zero-order chi connectivity index (χ0) is 12.5. The van der Waals surface area contributed by atoms with Crippen molar-refractivity contribution in [3.63, 3.8) is 0 Å². The number of aryl methyl sites for hydroxylation is 1. The normalized spacial score (nSPS) is 19.3. The molecule has 1 fully saturated rings. The molecule has 0 radical (unpaired) electrons. The van der Waals surface area contributed by atoms with Crippen molar-refractivity contribution >= 4 is 0 Å². The molecule has 1 aliphatic heterocycles. The van der Waals surface area contributed by atoms with Gasteiger partial charge in [-0.05, 0) is 31.9 Å². The molecule has 3 heteroatoms. The number of nitrogens with zero attached hydrogens (tertiary/aromatic N) is 2. The summed E-state index contributed by atoms with van der Waals surface area (Å²) in [6.07, 6.45) is 2.48. The van der Waals surface area contributed by atoms with Crippen LogP contribution in [0.4, 0.5) is 0 Å². The molecule has 1 unspecified atom stereocenters. The van der Waals surface area contributed by atoms with Gasteiger partial charge in [0.2, 0.25) is 0 Å². The van der Waals surface area contributed by atoms with Crippen molar-refractivity contribution in [2.45, 2.75) is 25.8 Å². The maximum absolute atomic E-state index is 4.70. The highest BCUT2D eigenvalue weighted by molar-refractivity contribution is 5.63. The lowest BCUT2D eigenvalue weighted by Gasteiger charge is -2.11. The first-order valence-corrected chi connectivity index (χ1v) is 6.59. The van der Waals surface area contributed by atoms with Gasteiger partial charge >= 0.3 is 0 Å². The van der Waals surface area contributed by atoms with E-state index in [1.54, 1.807) is 0 Å². The molecule has 0 amide bonds. The van der Waals surface area contributed by atoms with Crippen LogP contribution in [0.2, 0.25) is 0 Å². The average Bonchev–Trinajstić information content (AvgIpc) is 2.99. The number of rotatable bonds is 2. The molecule has 0 bridgehead atoms. The molecule has 0 saturated carbocycles. The highest BCUT2D eigenvalue weighted by Crippen LogP contribution is 2.31. The standard InChI is InChI=1S/C15H19N3/c1-11-14(12-7-4-3-5-8-12)17-18(2)15(11)13-9-6-10-16-13/h3-5,7-8,13,16H,6,9-10H2,1-2H3. The molecule has 18 heavy (non-hydrogen) atoms. The number of nitrogens with one attached hydrogen (secondary N) is 1. The van der Waals surface area contributed by atoms with Crippen molar-refractivity contribution in [2.24, 2.45) is 7.05 Å². The Morgan fingerprint density at radius 2 is 2.06 bits per heavy atom. The van der Waals surface area contributed by atoms with E-state index in [-0.39, 0.29) is 0 Å². The quantitative estimate of drug-likeness (QED) is 0.876. The van der Waals surface area contributed by atoms with Gasteiger partial charge in [-0.15, -0.1) is 0 Å². The maximum Gasteiger partial charge on any atom is 0.0955 e. The van der Waals surface area contributed by atoms with Gasteiger partial charge in [-0.3, -0.25) is 4.68 Å². The van der Waals surface area contributed by atoms with Crippen molar-refractivity contribution in [2.75, 3.05) is 6.54 Å². The molecule has 3 rings (SSSR count). The third-order valence-electron chi connectivity index (χ3n) is 3.78. The smallest absolute Gasteiger partial charge is 0.0955 e. The van der Waals surface area contributed by atoms with Crippen molar-refractivity contribution in [1.29, 1.82) is 0 Å². The highest BCUT2D eigenvalue weighted by Gasteiger charge is 2.24. The van der Waals surface area contributed by atoms with Crippen LogP contribution in [0.5, 0.6) is 0 Å². The molecule has 1 N–H and O–H groups in total. The van der Waals surface area contributed by atoms with Crippen LogP contribution in [0.15, 0.2) is 30.3 Å². The SMILES string of the molecule is Cc1c(-c2ccccc2)nn(C)c1C1CCCN1. The van der Waals surface area contributed by atoms with Crippen LogP contribution in [-0.4, -0.2) is 16.3 Å². The zero-order valence-electron chi connectivity index (χ0n) is 11.0. The minimum absolute atomic E-state index is 0.472. The number of hydrogen-bond donors (Lipinski definition) is 1. The lowest BCUT2D eigenvalue weighted by atomic mass is 10.0. The average molecular weight is 241 g/mol. The van der Waals surface area contributed by atoms with Gasteiger partial charge in [0, 0.05) is 18.7 Å². The van der Waals surface area contributed by atoms with Gasteiger partial charge in [0.1, 0.15) is 0 Å². The van der Waals surface area contributed by atoms with Gasteiger partial charge in [-0.1, -0.05) is 30.3 Å². The van der Waals surface area contributed by atoms with Crippen LogP contribution >= 0.6 is 0 Å². The molecule has 1 aromatic heterocycles. The van der Waals surface area contributed by atoms with Crippen molar-refractivity contribution in [3.8, 4) is 11.3 Å². The van der Waals surface area contributed by atoms with E-state index in [9.17, 15) is 0 Å². The lowest BCUT2D eigenvalue weighted by Crippen LogP contribution is -2.17. The maximum atomic E-state index is 4.70. The van der Waals surface area contributed by atoms with Gasteiger partial charge in [0.25, 0.3) is 0 Å².